The van der Waals surface area contributed by atoms with Gasteiger partial charge in [-0.15, -0.1) is 0 Å². The van der Waals surface area contributed by atoms with Gasteiger partial charge in [0.25, 0.3) is 0 Å². The maximum atomic E-state index is 13.3. The van der Waals surface area contributed by atoms with Gasteiger partial charge in [0.1, 0.15) is 17.5 Å². The molecular formula is C25H32F6N2O7. The third-order valence-corrected chi connectivity index (χ3v) is 5.76. The molecule has 15 heteroatoms. The number of carboxylic acid groups (broad SMARTS) is 1. The molecule has 40 heavy (non-hydrogen) atoms. The largest absolute Gasteiger partial charge is 0.490 e. The van der Waals surface area contributed by atoms with Crippen LogP contribution >= 0.6 is 0 Å². The van der Waals surface area contributed by atoms with Crippen LogP contribution < -0.4 is 9.64 Å². The Labute approximate surface area is 226 Å². The van der Waals surface area contributed by atoms with Gasteiger partial charge in [-0.1, -0.05) is 0 Å². The first-order valence-corrected chi connectivity index (χ1v) is 12.3. The quantitative estimate of drug-likeness (QED) is 0.399. The Morgan fingerprint density at radius 1 is 1.00 bits per heavy atom. The number of carboxylic acids is 1. The van der Waals surface area contributed by atoms with Crippen molar-refractivity contribution in [1.82, 2.24) is 4.90 Å². The molecule has 226 valence electrons. The lowest BCUT2D eigenvalue weighted by Gasteiger charge is -2.35. The van der Waals surface area contributed by atoms with E-state index >= 15 is 0 Å². The van der Waals surface area contributed by atoms with E-state index in [4.69, 9.17) is 9.47 Å². The Morgan fingerprint density at radius 3 is 2.02 bits per heavy atom. The number of carbonyl (C=O) groups excluding carboxylic acids is 2. The number of benzene rings is 1. The zero-order valence-corrected chi connectivity index (χ0v) is 22.4. The van der Waals surface area contributed by atoms with Crippen molar-refractivity contribution in [3.05, 3.63) is 23.8 Å². The molecule has 2 heterocycles. The zero-order valence-electron chi connectivity index (χ0n) is 22.4. The molecule has 2 saturated heterocycles. The summed E-state index contributed by atoms with van der Waals surface area (Å²) < 4.78 is 89.6. The van der Waals surface area contributed by atoms with E-state index < -0.39 is 41.8 Å². The summed E-state index contributed by atoms with van der Waals surface area (Å²) in [5, 5.41) is 9.52. The minimum absolute atomic E-state index is 0.154. The van der Waals surface area contributed by atoms with Gasteiger partial charge in [-0.2, -0.15) is 26.3 Å². The van der Waals surface area contributed by atoms with Crippen LogP contribution in [0.2, 0.25) is 0 Å². The number of hydrogen-bond donors (Lipinski definition) is 1. The Bertz CT molecular complexity index is 1050. The van der Waals surface area contributed by atoms with Gasteiger partial charge in [0, 0.05) is 38.4 Å². The van der Waals surface area contributed by atoms with E-state index in [0.29, 0.717) is 11.4 Å². The van der Waals surface area contributed by atoms with Crippen LogP contribution in [-0.4, -0.2) is 91.3 Å². The normalized spacial score (nSPS) is 18.9. The lowest BCUT2D eigenvalue weighted by molar-refractivity contribution is -0.210. The fraction of sp³-hybridized carbons (Fsp3) is 0.640. The predicted octanol–water partition coefficient (Wildman–Crippen LogP) is 4.43. The monoisotopic (exact) mass is 586 g/mol. The molecule has 1 aromatic carbocycles. The van der Waals surface area contributed by atoms with Crippen molar-refractivity contribution in [2.24, 2.45) is 0 Å². The van der Waals surface area contributed by atoms with Crippen LogP contribution in [0.3, 0.4) is 0 Å². The minimum atomic E-state index is -5.14. The molecule has 2 aliphatic heterocycles. The molecular weight excluding hydrogens is 554 g/mol. The van der Waals surface area contributed by atoms with Crippen LogP contribution in [0.1, 0.15) is 50.4 Å². The maximum Gasteiger partial charge on any atom is 0.490 e. The van der Waals surface area contributed by atoms with Gasteiger partial charge in [0.15, 0.2) is 0 Å². The van der Waals surface area contributed by atoms with E-state index in [1.54, 1.807) is 0 Å². The van der Waals surface area contributed by atoms with Crippen molar-refractivity contribution in [3.8, 4) is 5.75 Å². The second-order valence-electron chi connectivity index (χ2n) is 10.3. The first-order valence-electron chi connectivity index (χ1n) is 12.3. The fourth-order valence-electron chi connectivity index (χ4n) is 4.04. The summed E-state index contributed by atoms with van der Waals surface area (Å²) in [5.41, 5.74) is -1.78. The van der Waals surface area contributed by atoms with Crippen LogP contribution in [0.25, 0.3) is 0 Å². The summed E-state index contributed by atoms with van der Waals surface area (Å²) in [6.07, 6.45) is -9.08. The van der Waals surface area contributed by atoms with Gasteiger partial charge in [-0.3, -0.25) is 4.79 Å². The van der Waals surface area contributed by atoms with Crippen molar-refractivity contribution in [1.29, 1.82) is 0 Å². The van der Waals surface area contributed by atoms with Gasteiger partial charge in [-0.05, 0) is 59.2 Å². The van der Waals surface area contributed by atoms with Gasteiger partial charge >= 0.3 is 30.2 Å². The highest BCUT2D eigenvalue weighted by molar-refractivity contribution is 6.04. The smallest absolute Gasteiger partial charge is 0.489 e. The molecule has 1 atom stereocenters. The number of aromatic carboxylic acids is 1. The Kier molecular flexibility index (Phi) is 10.8. The number of ether oxygens (including phenoxy) is 3. The standard InChI is InChI=1S/C19H23F3N2O5.C6H9F3O2/c1-23-7-4-14(11-23)29-13-2-3-15(17(25)26)16(10-13)24(18(27)19(20,21)22)12-5-8-28-9-6-12;1-5(2,3)11-4(10)6(7,8)9/h2-3,10,12,14H,4-9,11H2,1H3,(H,25,26);1-3H3/t14-;/m0./s1. The molecule has 0 spiro atoms. The molecule has 0 aliphatic carbocycles. The number of likely N-dealkylation sites (N-methyl/N-ethyl adjacent to an activating group) is 1. The SMILES string of the molecule is CC(C)(C)OC(=O)C(F)(F)F.CN1CC[C@H](Oc2ccc(C(=O)O)c(N(C(=O)C(F)(F)F)C3CCOCC3)c2)C1. The van der Waals surface area contributed by atoms with Gasteiger partial charge in [0.2, 0.25) is 0 Å². The van der Waals surface area contributed by atoms with Crippen LogP contribution in [0.4, 0.5) is 32.0 Å². The molecule has 0 radical (unpaired) electrons. The average Bonchev–Trinajstić information content (AvgIpc) is 3.22. The summed E-state index contributed by atoms with van der Waals surface area (Å²) in [5.74, 6) is -5.42. The molecule has 1 N–H and O–H groups in total. The number of amides is 1. The fourth-order valence-corrected chi connectivity index (χ4v) is 4.04. The van der Waals surface area contributed by atoms with E-state index in [0.717, 1.165) is 13.0 Å². The first-order chi connectivity index (χ1) is 18.3. The third-order valence-electron chi connectivity index (χ3n) is 5.76. The number of carbonyl (C=O) groups is 3. The highest BCUT2D eigenvalue weighted by atomic mass is 19.4. The Morgan fingerprint density at radius 2 is 1.60 bits per heavy atom. The second-order valence-corrected chi connectivity index (χ2v) is 10.3. The van der Waals surface area contributed by atoms with Crippen LogP contribution in [0, 0.1) is 0 Å². The molecule has 2 aliphatic rings. The molecule has 9 nitrogen and oxygen atoms in total. The summed E-state index contributed by atoms with van der Waals surface area (Å²) in [7, 11) is 1.93. The molecule has 0 saturated carbocycles. The molecule has 0 aromatic heterocycles. The molecule has 3 rings (SSSR count). The highest BCUT2D eigenvalue weighted by Crippen LogP contribution is 2.34. The van der Waals surface area contributed by atoms with E-state index in [1.807, 2.05) is 7.05 Å². The predicted molar refractivity (Wildman–Crippen MR) is 129 cm³/mol. The summed E-state index contributed by atoms with van der Waals surface area (Å²) >= 11 is 0. The lowest BCUT2D eigenvalue weighted by Crippen LogP contribution is -2.50. The second kappa shape index (κ2) is 13.1. The van der Waals surface area contributed by atoms with Crippen LogP contribution in [0.5, 0.6) is 5.75 Å². The van der Waals surface area contributed by atoms with Crippen molar-refractivity contribution < 1.29 is 60.0 Å². The topological polar surface area (TPSA) is 106 Å². The summed E-state index contributed by atoms with van der Waals surface area (Å²) in [6.45, 7) is 5.98. The lowest BCUT2D eigenvalue weighted by atomic mass is 10.0. The highest BCUT2D eigenvalue weighted by Gasteiger charge is 2.46. The van der Waals surface area contributed by atoms with Crippen molar-refractivity contribution in [2.45, 2.75) is 70.1 Å². The summed E-state index contributed by atoms with van der Waals surface area (Å²) in [6, 6.07) is 3.00. The van der Waals surface area contributed by atoms with Crippen molar-refractivity contribution in [3.63, 3.8) is 0 Å². The Balaban J connectivity index is 0.000000432. The number of hydrogen-bond acceptors (Lipinski definition) is 7. The number of rotatable bonds is 5. The van der Waals surface area contributed by atoms with Crippen LogP contribution in [-0.2, 0) is 19.1 Å². The first kappa shape index (κ1) is 33.1. The average molecular weight is 587 g/mol. The number of alkyl halides is 6. The van der Waals surface area contributed by atoms with Crippen LogP contribution in [0.15, 0.2) is 18.2 Å². The third kappa shape index (κ3) is 9.84. The number of nitrogens with zero attached hydrogens (tertiary/aromatic N) is 2. The van der Waals surface area contributed by atoms with Gasteiger partial charge in [0.05, 0.1) is 11.3 Å². The van der Waals surface area contributed by atoms with E-state index in [1.165, 1.54) is 39.0 Å². The zero-order chi connectivity index (χ0) is 30.5. The molecule has 0 unspecified atom stereocenters. The molecule has 2 fully saturated rings. The number of anilines is 1. The van der Waals surface area contributed by atoms with E-state index in [2.05, 4.69) is 9.64 Å². The van der Waals surface area contributed by atoms with Crippen molar-refractivity contribution in [2.75, 3.05) is 38.3 Å². The molecule has 0 bridgehead atoms. The maximum absolute atomic E-state index is 13.3. The molecule has 1 aromatic rings. The van der Waals surface area contributed by atoms with Gasteiger partial charge in [-0.25, -0.2) is 9.59 Å². The number of halogens is 6. The van der Waals surface area contributed by atoms with Crippen molar-refractivity contribution >= 4 is 23.5 Å². The minimum Gasteiger partial charge on any atom is -0.489 e. The number of esters is 1. The van der Waals surface area contributed by atoms with E-state index in [9.17, 15) is 45.8 Å². The number of likely N-dealkylation sites (tertiary alicyclic amines) is 1. The molecule has 1 amide bonds. The van der Waals surface area contributed by atoms with Gasteiger partial charge < -0.3 is 29.1 Å². The summed E-state index contributed by atoms with van der Waals surface area (Å²) in [4.78, 5) is 36.7. The Hall–Kier alpha value is -3.07. The van der Waals surface area contributed by atoms with E-state index in [-0.39, 0.29) is 49.2 Å².